The molecule has 7 heteroatoms. The lowest BCUT2D eigenvalue weighted by molar-refractivity contribution is -0.136. The van der Waals surface area contributed by atoms with E-state index in [1.807, 2.05) is 63.2 Å². The van der Waals surface area contributed by atoms with Crippen molar-refractivity contribution in [3.8, 4) is 0 Å². The number of hydrogen-bond donors (Lipinski definition) is 3. The van der Waals surface area contributed by atoms with Crippen molar-refractivity contribution in [3.63, 3.8) is 0 Å². The highest BCUT2D eigenvalue weighted by molar-refractivity contribution is 6.40. The van der Waals surface area contributed by atoms with Gasteiger partial charge < -0.3 is 10.6 Å². The van der Waals surface area contributed by atoms with Crippen LogP contribution in [0.2, 0.25) is 0 Å². The Kier molecular flexibility index (Phi) is 7.00. The van der Waals surface area contributed by atoms with Crippen LogP contribution in [0.4, 0.5) is 11.4 Å². The van der Waals surface area contributed by atoms with E-state index in [-0.39, 0.29) is 12.3 Å². The Morgan fingerprint density at radius 3 is 2.22 bits per heavy atom. The summed E-state index contributed by atoms with van der Waals surface area (Å²) >= 11 is 0. The summed E-state index contributed by atoms with van der Waals surface area (Å²) in [7, 11) is 0. The first-order valence-corrected chi connectivity index (χ1v) is 10.2. The molecule has 3 amide bonds. The van der Waals surface area contributed by atoms with Gasteiger partial charge in [0.05, 0.1) is 6.42 Å². The lowest BCUT2D eigenvalue weighted by Gasteiger charge is -2.12. The second kappa shape index (κ2) is 9.87. The van der Waals surface area contributed by atoms with Gasteiger partial charge in [-0.15, -0.1) is 0 Å². The summed E-state index contributed by atoms with van der Waals surface area (Å²) in [5.41, 5.74) is 6.96. The van der Waals surface area contributed by atoms with Crippen molar-refractivity contribution in [2.75, 3.05) is 10.6 Å². The zero-order valence-corrected chi connectivity index (χ0v) is 18.6. The van der Waals surface area contributed by atoms with Crippen molar-refractivity contribution in [3.05, 3.63) is 71.3 Å². The Morgan fingerprint density at radius 1 is 0.844 bits per heavy atom. The van der Waals surface area contributed by atoms with Gasteiger partial charge >= 0.3 is 11.8 Å². The number of nitrogens with one attached hydrogen (secondary N) is 3. The number of benzene rings is 3. The average molecular weight is 431 g/mol. The third-order valence-electron chi connectivity index (χ3n) is 4.95. The molecular formula is C25H26N4O3. The predicted octanol–water partition coefficient (Wildman–Crippen LogP) is 4.22. The maximum absolute atomic E-state index is 12.4. The fourth-order valence-corrected chi connectivity index (χ4v) is 3.54. The number of anilines is 2. The van der Waals surface area contributed by atoms with Gasteiger partial charge in [0, 0.05) is 22.5 Å². The van der Waals surface area contributed by atoms with Gasteiger partial charge in [0.25, 0.3) is 0 Å². The van der Waals surface area contributed by atoms with Crippen LogP contribution >= 0.6 is 0 Å². The van der Waals surface area contributed by atoms with Crippen LogP contribution in [-0.4, -0.2) is 23.4 Å². The van der Waals surface area contributed by atoms with Crippen LogP contribution in [-0.2, 0) is 14.4 Å². The van der Waals surface area contributed by atoms with Gasteiger partial charge in [-0.05, 0) is 50.3 Å². The van der Waals surface area contributed by atoms with Crippen molar-refractivity contribution in [1.82, 2.24) is 5.43 Å². The Bertz CT molecular complexity index is 1200. The second-order valence-corrected chi connectivity index (χ2v) is 7.77. The molecule has 0 aliphatic rings. The fourth-order valence-electron chi connectivity index (χ4n) is 3.54. The van der Waals surface area contributed by atoms with Gasteiger partial charge in [-0.1, -0.05) is 54.1 Å². The Hall–Kier alpha value is -4.00. The van der Waals surface area contributed by atoms with Crippen LogP contribution < -0.4 is 16.1 Å². The van der Waals surface area contributed by atoms with E-state index < -0.39 is 11.8 Å². The molecule has 0 unspecified atom stereocenters. The number of carbonyl (C=O) groups is 3. The van der Waals surface area contributed by atoms with Gasteiger partial charge in [-0.2, -0.15) is 5.10 Å². The molecule has 3 rings (SSSR count). The molecule has 3 N–H and O–H groups in total. The van der Waals surface area contributed by atoms with E-state index in [1.165, 1.54) is 0 Å². The molecule has 0 radical (unpaired) electrons. The maximum Gasteiger partial charge on any atom is 0.329 e. The lowest BCUT2D eigenvalue weighted by atomic mass is 10.0. The topological polar surface area (TPSA) is 99.7 Å². The molecule has 7 nitrogen and oxygen atoms in total. The number of carbonyl (C=O) groups excluding carboxylic acids is 3. The van der Waals surface area contributed by atoms with Crippen molar-refractivity contribution in [2.45, 2.75) is 34.1 Å². The van der Waals surface area contributed by atoms with Gasteiger partial charge in [-0.3, -0.25) is 14.4 Å². The van der Waals surface area contributed by atoms with E-state index in [4.69, 9.17) is 0 Å². The molecule has 0 spiro atoms. The smallest absolute Gasteiger partial charge is 0.325 e. The first kappa shape index (κ1) is 22.7. The minimum atomic E-state index is -0.914. The van der Waals surface area contributed by atoms with E-state index in [1.54, 1.807) is 19.1 Å². The SMILES string of the molecule is C/C(CC(=O)Nc1c(C)cc(C)cc1C)=N\NC(=O)C(=O)Nc1cccc2ccccc12. The summed E-state index contributed by atoms with van der Waals surface area (Å²) in [6.07, 6.45) is -0.0159. The highest BCUT2D eigenvalue weighted by Crippen LogP contribution is 2.23. The Morgan fingerprint density at radius 2 is 1.50 bits per heavy atom. The van der Waals surface area contributed by atoms with Crippen LogP contribution in [0.3, 0.4) is 0 Å². The Balaban J connectivity index is 1.57. The minimum Gasteiger partial charge on any atom is -0.325 e. The van der Waals surface area contributed by atoms with Gasteiger partial charge in [0.1, 0.15) is 0 Å². The molecule has 3 aromatic rings. The van der Waals surface area contributed by atoms with Crippen molar-refractivity contribution in [2.24, 2.45) is 5.10 Å². The lowest BCUT2D eigenvalue weighted by Crippen LogP contribution is -2.33. The molecule has 0 heterocycles. The first-order valence-electron chi connectivity index (χ1n) is 10.2. The standard InChI is InChI=1S/C25H26N4O3/c1-15-12-16(2)23(17(3)13-15)27-22(30)14-18(4)28-29-25(32)24(31)26-21-11-7-9-19-8-5-6-10-20(19)21/h5-13H,14H2,1-4H3,(H,26,31)(H,27,30)(H,29,32)/b28-18+. The largest absolute Gasteiger partial charge is 0.329 e. The summed E-state index contributed by atoms with van der Waals surface area (Å²) in [6.45, 7) is 7.48. The number of aryl methyl sites for hydroxylation is 3. The highest BCUT2D eigenvalue weighted by Gasteiger charge is 2.15. The van der Waals surface area contributed by atoms with Gasteiger partial charge in [-0.25, -0.2) is 5.43 Å². The molecule has 0 aromatic heterocycles. The van der Waals surface area contributed by atoms with Crippen LogP contribution in [0.25, 0.3) is 10.8 Å². The second-order valence-electron chi connectivity index (χ2n) is 7.77. The zero-order chi connectivity index (χ0) is 23.3. The average Bonchev–Trinajstić information content (AvgIpc) is 2.74. The maximum atomic E-state index is 12.4. The van der Waals surface area contributed by atoms with Crippen LogP contribution in [0, 0.1) is 20.8 Å². The minimum absolute atomic E-state index is 0.0159. The van der Waals surface area contributed by atoms with Crippen LogP contribution in [0.15, 0.2) is 59.7 Å². The van der Waals surface area contributed by atoms with Crippen molar-refractivity contribution < 1.29 is 14.4 Å². The van der Waals surface area contributed by atoms with Gasteiger partial charge in [0.15, 0.2) is 0 Å². The number of rotatable bonds is 5. The number of hydrogen-bond acceptors (Lipinski definition) is 4. The van der Waals surface area contributed by atoms with Crippen molar-refractivity contribution in [1.29, 1.82) is 0 Å². The summed E-state index contributed by atoms with van der Waals surface area (Å²) < 4.78 is 0. The monoisotopic (exact) mass is 430 g/mol. The molecule has 164 valence electrons. The number of nitrogens with zero attached hydrogens (tertiary/aromatic N) is 1. The summed E-state index contributed by atoms with van der Waals surface area (Å²) in [5.74, 6) is -2.01. The number of fused-ring (bicyclic) bond motifs is 1. The van der Waals surface area contributed by atoms with E-state index in [0.717, 1.165) is 33.2 Å². The predicted molar refractivity (Wildman–Crippen MR) is 128 cm³/mol. The molecule has 0 aliphatic carbocycles. The van der Waals surface area contributed by atoms with Gasteiger partial charge in [0.2, 0.25) is 5.91 Å². The number of hydrazone groups is 1. The molecule has 0 atom stereocenters. The molecule has 32 heavy (non-hydrogen) atoms. The quantitative estimate of drug-likeness (QED) is 0.321. The van der Waals surface area contributed by atoms with E-state index in [9.17, 15) is 14.4 Å². The van der Waals surface area contributed by atoms with E-state index in [2.05, 4.69) is 21.2 Å². The van der Waals surface area contributed by atoms with Crippen LogP contribution in [0.1, 0.15) is 30.0 Å². The molecule has 0 bridgehead atoms. The van der Waals surface area contributed by atoms with E-state index in [0.29, 0.717) is 11.4 Å². The molecular weight excluding hydrogens is 404 g/mol. The fraction of sp³-hybridized carbons (Fsp3) is 0.200. The molecule has 3 aromatic carbocycles. The molecule has 0 saturated carbocycles. The summed E-state index contributed by atoms with van der Waals surface area (Å²) in [4.78, 5) is 36.8. The normalized spacial score (nSPS) is 11.2. The van der Waals surface area contributed by atoms with E-state index >= 15 is 0 Å². The zero-order valence-electron chi connectivity index (χ0n) is 18.6. The third-order valence-corrected chi connectivity index (χ3v) is 4.95. The third kappa shape index (κ3) is 5.57. The molecule has 0 aliphatic heterocycles. The van der Waals surface area contributed by atoms with Crippen molar-refractivity contribution >= 4 is 45.6 Å². The summed E-state index contributed by atoms with van der Waals surface area (Å²) in [5, 5.41) is 11.1. The number of amides is 3. The van der Waals surface area contributed by atoms with Crippen LogP contribution in [0.5, 0.6) is 0 Å². The molecule has 0 fully saturated rings. The highest BCUT2D eigenvalue weighted by atomic mass is 16.2. The Labute approximate surface area is 186 Å². The summed E-state index contributed by atoms with van der Waals surface area (Å²) in [6, 6.07) is 17.0. The first-order chi connectivity index (χ1) is 15.2. The molecule has 0 saturated heterocycles.